The molecule has 0 spiro atoms. The second-order valence-electron chi connectivity index (χ2n) is 5.16. The monoisotopic (exact) mass is 198 g/mol. The lowest BCUT2D eigenvalue weighted by molar-refractivity contribution is 0.145. The molecular formula is C12H26N2. The highest BCUT2D eigenvalue weighted by Gasteiger charge is 2.27. The highest BCUT2D eigenvalue weighted by atomic mass is 15.2. The fourth-order valence-electron chi connectivity index (χ4n) is 2.28. The molecule has 0 radical (unpaired) electrons. The molecule has 2 nitrogen and oxygen atoms in total. The molecule has 0 bridgehead atoms. The molecule has 0 aromatic heterocycles. The summed E-state index contributed by atoms with van der Waals surface area (Å²) in [6, 6.07) is 2.18. The molecule has 1 saturated heterocycles. The van der Waals surface area contributed by atoms with Gasteiger partial charge in [-0.05, 0) is 54.1 Å². The van der Waals surface area contributed by atoms with Gasteiger partial charge in [0.2, 0.25) is 0 Å². The molecule has 0 aromatic rings. The lowest BCUT2D eigenvalue weighted by Gasteiger charge is -2.32. The molecule has 0 N–H and O–H groups in total. The van der Waals surface area contributed by atoms with Gasteiger partial charge in [-0.3, -0.25) is 4.90 Å². The second kappa shape index (κ2) is 5.13. The Kier molecular flexibility index (Phi) is 4.39. The number of hydrogen-bond donors (Lipinski definition) is 0. The molecule has 2 heteroatoms. The Morgan fingerprint density at radius 1 is 1.29 bits per heavy atom. The predicted molar refractivity (Wildman–Crippen MR) is 62.6 cm³/mol. The van der Waals surface area contributed by atoms with Gasteiger partial charge in [0.25, 0.3) is 0 Å². The normalized spacial score (nSPS) is 24.4. The lowest BCUT2D eigenvalue weighted by atomic mass is 10.1. The first-order valence-electron chi connectivity index (χ1n) is 5.98. The van der Waals surface area contributed by atoms with Crippen molar-refractivity contribution < 1.29 is 0 Å². The summed E-state index contributed by atoms with van der Waals surface area (Å²) in [5.74, 6) is 0. The maximum absolute atomic E-state index is 2.65. The third-order valence-corrected chi connectivity index (χ3v) is 3.47. The van der Waals surface area contributed by atoms with Crippen molar-refractivity contribution in [2.75, 3.05) is 20.1 Å². The van der Waals surface area contributed by atoms with Gasteiger partial charge in [-0.2, -0.15) is 0 Å². The molecule has 0 saturated carbocycles. The highest BCUT2D eigenvalue weighted by molar-refractivity contribution is 4.83. The minimum atomic E-state index is 0.671. The van der Waals surface area contributed by atoms with Gasteiger partial charge in [0.1, 0.15) is 0 Å². The largest absolute Gasteiger partial charge is 0.302 e. The van der Waals surface area contributed by atoms with Crippen LogP contribution >= 0.6 is 0 Å². The number of likely N-dealkylation sites (tertiary alicyclic amines) is 1. The molecule has 1 rings (SSSR count). The van der Waals surface area contributed by atoms with Gasteiger partial charge in [0.15, 0.2) is 0 Å². The zero-order valence-electron chi connectivity index (χ0n) is 10.5. The van der Waals surface area contributed by atoms with Crippen LogP contribution in [0.4, 0.5) is 0 Å². The van der Waals surface area contributed by atoms with E-state index in [1.165, 1.54) is 25.9 Å². The van der Waals surface area contributed by atoms with Gasteiger partial charge in [-0.15, -0.1) is 0 Å². The van der Waals surface area contributed by atoms with E-state index in [2.05, 4.69) is 44.5 Å². The Morgan fingerprint density at radius 3 is 2.43 bits per heavy atom. The van der Waals surface area contributed by atoms with Crippen LogP contribution in [0.3, 0.4) is 0 Å². The quantitative estimate of drug-likeness (QED) is 0.683. The number of hydrogen-bond acceptors (Lipinski definition) is 2. The summed E-state index contributed by atoms with van der Waals surface area (Å²) in [5, 5.41) is 0. The van der Waals surface area contributed by atoms with Gasteiger partial charge in [0, 0.05) is 24.7 Å². The van der Waals surface area contributed by atoms with Crippen LogP contribution in [0.25, 0.3) is 0 Å². The number of rotatable bonds is 4. The van der Waals surface area contributed by atoms with Crippen molar-refractivity contribution in [1.29, 1.82) is 0 Å². The second-order valence-corrected chi connectivity index (χ2v) is 5.16. The maximum Gasteiger partial charge on any atom is 0.0226 e. The van der Waals surface area contributed by atoms with Crippen LogP contribution < -0.4 is 0 Å². The predicted octanol–water partition coefficient (Wildman–Crippen LogP) is 2.20. The van der Waals surface area contributed by atoms with Gasteiger partial charge in [-0.1, -0.05) is 0 Å². The summed E-state index contributed by atoms with van der Waals surface area (Å²) >= 11 is 0. The first kappa shape index (κ1) is 12.0. The van der Waals surface area contributed by atoms with Crippen molar-refractivity contribution in [2.45, 2.75) is 58.7 Å². The van der Waals surface area contributed by atoms with E-state index in [9.17, 15) is 0 Å². The Labute approximate surface area is 89.3 Å². The molecule has 0 aromatic carbocycles. The van der Waals surface area contributed by atoms with E-state index < -0.39 is 0 Å². The summed E-state index contributed by atoms with van der Waals surface area (Å²) in [6.45, 7) is 11.7. The number of likely N-dealkylation sites (N-methyl/N-ethyl adjacent to an activating group) is 1. The molecule has 1 unspecified atom stereocenters. The summed E-state index contributed by atoms with van der Waals surface area (Å²) < 4.78 is 0. The van der Waals surface area contributed by atoms with Crippen LogP contribution in [0.1, 0.15) is 40.5 Å². The van der Waals surface area contributed by atoms with Crippen molar-refractivity contribution in [3.8, 4) is 0 Å². The van der Waals surface area contributed by atoms with E-state index in [1.807, 2.05) is 0 Å². The summed E-state index contributed by atoms with van der Waals surface area (Å²) in [5.41, 5.74) is 0. The van der Waals surface area contributed by atoms with Crippen LogP contribution in [0, 0.1) is 0 Å². The van der Waals surface area contributed by atoms with Crippen LogP contribution in [0.5, 0.6) is 0 Å². The Balaban J connectivity index is 2.43. The van der Waals surface area contributed by atoms with Crippen LogP contribution in [-0.2, 0) is 0 Å². The Bertz CT molecular complexity index is 166. The molecule has 1 atom stereocenters. The first-order valence-corrected chi connectivity index (χ1v) is 5.98. The van der Waals surface area contributed by atoms with E-state index in [-0.39, 0.29) is 0 Å². The molecule has 14 heavy (non-hydrogen) atoms. The number of nitrogens with zero attached hydrogens (tertiary/aromatic N) is 2. The van der Waals surface area contributed by atoms with Crippen LogP contribution in [-0.4, -0.2) is 48.1 Å². The summed E-state index contributed by atoms with van der Waals surface area (Å²) in [7, 11) is 2.24. The van der Waals surface area contributed by atoms with Crippen molar-refractivity contribution in [3.05, 3.63) is 0 Å². The molecule has 1 aliphatic heterocycles. The van der Waals surface area contributed by atoms with Crippen molar-refractivity contribution in [2.24, 2.45) is 0 Å². The molecule has 1 aliphatic rings. The molecule has 0 aliphatic carbocycles. The SMILES string of the molecule is CC(C)N(C)CC1CCCN1C(C)C. The van der Waals surface area contributed by atoms with Gasteiger partial charge in [0.05, 0.1) is 0 Å². The van der Waals surface area contributed by atoms with E-state index in [0.29, 0.717) is 12.1 Å². The van der Waals surface area contributed by atoms with E-state index in [0.717, 1.165) is 6.04 Å². The maximum atomic E-state index is 2.65. The van der Waals surface area contributed by atoms with E-state index in [1.54, 1.807) is 0 Å². The standard InChI is InChI=1S/C12H26N2/c1-10(2)13(5)9-12-7-6-8-14(12)11(3)4/h10-12H,6-9H2,1-5H3. The smallest absolute Gasteiger partial charge is 0.0226 e. The third kappa shape index (κ3) is 2.96. The Morgan fingerprint density at radius 2 is 1.93 bits per heavy atom. The van der Waals surface area contributed by atoms with Crippen LogP contribution in [0.15, 0.2) is 0 Å². The fraction of sp³-hybridized carbons (Fsp3) is 1.00. The van der Waals surface area contributed by atoms with Gasteiger partial charge < -0.3 is 4.90 Å². The van der Waals surface area contributed by atoms with Crippen molar-refractivity contribution in [1.82, 2.24) is 9.80 Å². The average Bonchev–Trinajstić information content (AvgIpc) is 2.52. The fourth-order valence-corrected chi connectivity index (χ4v) is 2.28. The minimum absolute atomic E-state index is 0.671. The third-order valence-electron chi connectivity index (χ3n) is 3.47. The minimum Gasteiger partial charge on any atom is -0.302 e. The Hall–Kier alpha value is -0.0800. The molecular weight excluding hydrogens is 172 g/mol. The van der Waals surface area contributed by atoms with E-state index >= 15 is 0 Å². The topological polar surface area (TPSA) is 6.48 Å². The van der Waals surface area contributed by atoms with Gasteiger partial charge >= 0.3 is 0 Å². The van der Waals surface area contributed by atoms with Crippen molar-refractivity contribution in [3.63, 3.8) is 0 Å². The average molecular weight is 198 g/mol. The summed E-state index contributed by atoms with van der Waals surface area (Å²) in [4.78, 5) is 5.12. The zero-order chi connectivity index (χ0) is 10.7. The van der Waals surface area contributed by atoms with Gasteiger partial charge in [-0.25, -0.2) is 0 Å². The van der Waals surface area contributed by atoms with Crippen LogP contribution in [0.2, 0.25) is 0 Å². The molecule has 84 valence electrons. The highest BCUT2D eigenvalue weighted by Crippen LogP contribution is 2.20. The zero-order valence-corrected chi connectivity index (χ0v) is 10.5. The molecule has 1 heterocycles. The van der Waals surface area contributed by atoms with Crippen molar-refractivity contribution >= 4 is 0 Å². The first-order chi connectivity index (χ1) is 6.52. The lowest BCUT2D eigenvalue weighted by Crippen LogP contribution is -2.43. The molecule has 0 amide bonds. The molecule has 1 fully saturated rings. The summed E-state index contributed by atoms with van der Waals surface area (Å²) in [6.07, 6.45) is 2.77. The van der Waals surface area contributed by atoms with E-state index in [4.69, 9.17) is 0 Å².